The van der Waals surface area contributed by atoms with Crippen LogP contribution in [0.3, 0.4) is 0 Å². The van der Waals surface area contributed by atoms with Crippen molar-refractivity contribution in [1.82, 2.24) is 0 Å². The number of benzene rings is 1. The molecule has 0 atom stereocenters. The summed E-state index contributed by atoms with van der Waals surface area (Å²) in [7, 11) is 0. The number of ether oxygens (including phenoxy) is 2. The zero-order chi connectivity index (χ0) is 21.0. The molecule has 1 rings (SSSR count). The Morgan fingerprint density at radius 3 is 2.17 bits per heavy atom. The van der Waals surface area contributed by atoms with Crippen molar-refractivity contribution in [3.05, 3.63) is 48.0 Å². The first-order valence-electron chi connectivity index (χ1n) is 11.2. The van der Waals surface area contributed by atoms with Crippen LogP contribution in [0.25, 0.3) is 0 Å². The first kappa shape index (κ1) is 24.9. The molecule has 0 N–H and O–H groups in total. The van der Waals surface area contributed by atoms with Crippen LogP contribution in [-0.4, -0.2) is 25.2 Å². The fourth-order valence-electron chi connectivity index (χ4n) is 3.00. The maximum absolute atomic E-state index is 11.7. The topological polar surface area (TPSA) is 52.6 Å². The molecule has 4 heteroatoms. The number of carbonyl (C=O) groups is 2. The van der Waals surface area contributed by atoms with E-state index in [1.807, 2.05) is 36.4 Å². The summed E-state index contributed by atoms with van der Waals surface area (Å²) in [6.45, 7) is 2.92. The second-order valence-corrected chi connectivity index (χ2v) is 7.37. The van der Waals surface area contributed by atoms with E-state index in [4.69, 9.17) is 9.47 Å². The highest BCUT2D eigenvalue weighted by Gasteiger charge is 2.07. The number of esters is 2. The van der Waals surface area contributed by atoms with Gasteiger partial charge in [-0.1, -0.05) is 87.9 Å². The summed E-state index contributed by atoms with van der Waals surface area (Å²) in [6.07, 6.45) is 15.8. The van der Waals surface area contributed by atoms with Crippen molar-refractivity contribution in [3.63, 3.8) is 0 Å². The largest absolute Gasteiger partial charge is 0.465 e. The minimum atomic E-state index is -0.261. The SMILES string of the molecule is CCCCCCCCC/C=C/COC(=O)CCCC(=O)OCCc1ccccc1. The van der Waals surface area contributed by atoms with Crippen molar-refractivity contribution >= 4 is 11.9 Å². The van der Waals surface area contributed by atoms with Crippen LogP contribution in [0, 0.1) is 0 Å². The predicted octanol–water partition coefficient (Wildman–Crippen LogP) is 6.18. The van der Waals surface area contributed by atoms with Gasteiger partial charge in [-0.05, 0) is 24.8 Å². The first-order valence-corrected chi connectivity index (χ1v) is 11.2. The number of unbranched alkanes of at least 4 members (excludes halogenated alkanes) is 7. The van der Waals surface area contributed by atoms with E-state index < -0.39 is 0 Å². The lowest BCUT2D eigenvalue weighted by Crippen LogP contribution is -2.09. The standard InChI is InChI=1S/C25H38O4/c1-2-3-4-5-6-7-8-9-10-14-21-28-24(26)18-15-19-25(27)29-22-20-23-16-12-11-13-17-23/h10-14,16-17H,2-9,15,18-22H2,1H3/b14-10+. The fraction of sp³-hybridized carbons (Fsp3) is 0.600. The molecule has 0 aliphatic carbocycles. The van der Waals surface area contributed by atoms with Gasteiger partial charge in [0.15, 0.2) is 0 Å². The second-order valence-electron chi connectivity index (χ2n) is 7.37. The van der Waals surface area contributed by atoms with Crippen LogP contribution in [0.15, 0.2) is 42.5 Å². The van der Waals surface area contributed by atoms with Gasteiger partial charge in [0.1, 0.15) is 6.61 Å². The summed E-state index contributed by atoms with van der Waals surface area (Å²) >= 11 is 0. The zero-order valence-electron chi connectivity index (χ0n) is 18.1. The highest BCUT2D eigenvalue weighted by molar-refractivity contribution is 5.72. The molecule has 0 heterocycles. The second kappa shape index (κ2) is 18.0. The van der Waals surface area contributed by atoms with E-state index in [1.165, 1.54) is 44.9 Å². The van der Waals surface area contributed by atoms with E-state index in [2.05, 4.69) is 13.0 Å². The molecule has 29 heavy (non-hydrogen) atoms. The summed E-state index contributed by atoms with van der Waals surface area (Å²) in [5.74, 6) is -0.522. The van der Waals surface area contributed by atoms with Crippen molar-refractivity contribution in [2.24, 2.45) is 0 Å². The highest BCUT2D eigenvalue weighted by atomic mass is 16.5. The Hall–Kier alpha value is -2.10. The quantitative estimate of drug-likeness (QED) is 0.177. The molecule has 0 saturated carbocycles. The minimum absolute atomic E-state index is 0.248. The van der Waals surface area contributed by atoms with Gasteiger partial charge in [0, 0.05) is 19.3 Å². The summed E-state index contributed by atoms with van der Waals surface area (Å²) in [5.41, 5.74) is 1.14. The first-order chi connectivity index (χ1) is 14.2. The molecule has 0 aliphatic rings. The smallest absolute Gasteiger partial charge is 0.306 e. The Bertz CT molecular complexity index is 565. The summed E-state index contributed by atoms with van der Waals surface area (Å²) in [4.78, 5) is 23.4. The number of carbonyl (C=O) groups excluding carboxylic acids is 2. The Morgan fingerprint density at radius 2 is 1.45 bits per heavy atom. The molecule has 1 aromatic carbocycles. The molecule has 0 spiro atoms. The van der Waals surface area contributed by atoms with Gasteiger partial charge in [0.2, 0.25) is 0 Å². The van der Waals surface area contributed by atoms with E-state index in [9.17, 15) is 9.59 Å². The zero-order valence-corrected chi connectivity index (χ0v) is 18.1. The maximum Gasteiger partial charge on any atom is 0.306 e. The molecule has 0 aromatic heterocycles. The molecule has 0 aliphatic heterocycles. The third kappa shape index (κ3) is 15.5. The van der Waals surface area contributed by atoms with Gasteiger partial charge in [-0.25, -0.2) is 0 Å². The molecule has 0 saturated heterocycles. The lowest BCUT2D eigenvalue weighted by atomic mass is 10.1. The van der Waals surface area contributed by atoms with Gasteiger partial charge in [-0.2, -0.15) is 0 Å². The summed E-state index contributed by atoms with van der Waals surface area (Å²) in [5, 5.41) is 0. The highest BCUT2D eigenvalue weighted by Crippen LogP contribution is 2.08. The molecule has 0 bridgehead atoms. The van der Waals surface area contributed by atoms with Crippen LogP contribution in [-0.2, 0) is 25.5 Å². The van der Waals surface area contributed by atoms with Gasteiger partial charge in [0.05, 0.1) is 6.61 Å². The molecule has 1 aromatic rings. The van der Waals surface area contributed by atoms with Gasteiger partial charge >= 0.3 is 11.9 Å². The molecular formula is C25H38O4. The molecule has 0 radical (unpaired) electrons. The Balaban J connectivity index is 1.91. The van der Waals surface area contributed by atoms with Crippen molar-refractivity contribution in [1.29, 1.82) is 0 Å². The van der Waals surface area contributed by atoms with Gasteiger partial charge < -0.3 is 9.47 Å². The third-order valence-corrected chi connectivity index (χ3v) is 4.74. The number of hydrogen-bond donors (Lipinski definition) is 0. The normalized spacial score (nSPS) is 10.9. The lowest BCUT2D eigenvalue weighted by Gasteiger charge is -2.05. The summed E-state index contributed by atoms with van der Waals surface area (Å²) < 4.78 is 10.4. The Labute approximate surface area is 176 Å². The molecular weight excluding hydrogens is 364 g/mol. The van der Waals surface area contributed by atoms with E-state index in [0.29, 0.717) is 26.1 Å². The third-order valence-electron chi connectivity index (χ3n) is 4.74. The summed E-state index contributed by atoms with van der Waals surface area (Å²) in [6, 6.07) is 9.90. The van der Waals surface area contributed by atoms with Crippen molar-refractivity contribution < 1.29 is 19.1 Å². The van der Waals surface area contributed by atoms with Crippen LogP contribution >= 0.6 is 0 Å². The van der Waals surface area contributed by atoms with Crippen molar-refractivity contribution in [2.45, 2.75) is 84.0 Å². The van der Waals surface area contributed by atoms with Crippen LogP contribution in [0.5, 0.6) is 0 Å². The molecule has 162 valence electrons. The fourth-order valence-corrected chi connectivity index (χ4v) is 3.00. The van der Waals surface area contributed by atoms with Crippen molar-refractivity contribution in [3.8, 4) is 0 Å². The number of rotatable bonds is 17. The van der Waals surface area contributed by atoms with Crippen LogP contribution in [0.1, 0.15) is 83.1 Å². The molecule has 0 unspecified atom stereocenters. The van der Waals surface area contributed by atoms with Crippen molar-refractivity contribution in [2.75, 3.05) is 13.2 Å². The monoisotopic (exact) mass is 402 g/mol. The minimum Gasteiger partial charge on any atom is -0.465 e. The van der Waals surface area contributed by atoms with E-state index in [0.717, 1.165) is 12.0 Å². The van der Waals surface area contributed by atoms with Gasteiger partial charge in [0.25, 0.3) is 0 Å². The molecule has 4 nitrogen and oxygen atoms in total. The number of hydrogen-bond acceptors (Lipinski definition) is 4. The molecule has 0 amide bonds. The van der Waals surface area contributed by atoms with Crippen LogP contribution in [0.4, 0.5) is 0 Å². The Morgan fingerprint density at radius 1 is 0.793 bits per heavy atom. The van der Waals surface area contributed by atoms with Crippen LogP contribution in [0.2, 0.25) is 0 Å². The lowest BCUT2D eigenvalue weighted by molar-refractivity contribution is -0.144. The number of allylic oxidation sites excluding steroid dienone is 1. The Kier molecular flexibility index (Phi) is 15.4. The van der Waals surface area contributed by atoms with E-state index in [1.54, 1.807) is 0 Å². The average Bonchev–Trinajstić information content (AvgIpc) is 2.73. The van der Waals surface area contributed by atoms with Crippen LogP contribution < -0.4 is 0 Å². The maximum atomic E-state index is 11.7. The van der Waals surface area contributed by atoms with E-state index in [-0.39, 0.29) is 24.8 Å². The average molecular weight is 403 g/mol. The predicted molar refractivity (Wildman–Crippen MR) is 118 cm³/mol. The van der Waals surface area contributed by atoms with Gasteiger partial charge in [-0.3, -0.25) is 9.59 Å². The van der Waals surface area contributed by atoms with Gasteiger partial charge in [-0.15, -0.1) is 0 Å². The molecule has 0 fully saturated rings. The van der Waals surface area contributed by atoms with E-state index >= 15 is 0 Å².